The number of urea groups is 1. The summed E-state index contributed by atoms with van der Waals surface area (Å²) >= 11 is 0. The van der Waals surface area contributed by atoms with Crippen molar-refractivity contribution in [2.75, 3.05) is 13.1 Å². The second-order valence-electron chi connectivity index (χ2n) is 6.07. The molecule has 136 valence electrons. The van der Waals surface area contributed by atoms with Gasteiger partial charge in [-0.1, -0.05) is 12.1 Å². The van der Waals surface area contributed by atoms with E-state index in [0.717, 1.165) is 10.5 Å². The van der Waals surface area contributed by atoms with E-state index < -0.39 is 30.0 Å². The molecule has 7 nitrogen and oxygen atoms in total. The van der Waals surface area contributed by atoms with E-state index >= 15 is 0 Å². The van der Waals surface area contributed by atoms with Crippen LogP contribution in [0, 0.1) is 0 Å². The number of ether oxygens (including phenoxy) is 1. The number of nitrogens with one attached hydrogen (secondary N) is 2. The second kappa shape index (κ2) is 7.45. The molecule has 1 aliphatic rings. The Morgan fingerprint density at radius 1 is 1.28 bits per heavy atom. The molecule has 1 saturated heterocycles. The van der Waals surface area contributed by atoms with Crippen LogP contribution in [-0.2, 0) is 16.0 Å². The SMILES string of the molecule is CC1(C)NC(=O)N(CC(=O)NCCc2ccc(OC(F)F)cc2)C1=O. The molecule has 0 aliphatic carbocycles. The molecule has 2 N–H and O–H groups in total. The second-order valence-corrected chi connectivity index (χ2v) is 6.07. The number of hydrogen-bond donors (Lipinski definition) is 2. The minimum absolute atomic E-state index is 0.0592. The highest BCUT2D eigenvalue weighted by molar-refractivity contribution is 6.08. The number of hydrogen-bond acceptors (Lipinski definition) is 4. The van der Waals surface area contributed by atoms with Crippen molar-refractivity contribution in [3.8, 4) is 5.75 Å². The van der Waals surface area contributed by atoms with Crippen molar-refractivity contribution in [2.45, 2.75) is 32.4 Å². The third kappa shape index (κ3) is 4.88. The molecule has 4 amide bonds. The maximum Gasteiger partial charge on any atom is 0.387 e. The zero-order chi connectivity index (χ0) is 18.6. The summed E-state index contributed by atoms with van der Waals surface area (Å²) in [6.45, 7) is 0.176. The molecular formula is C16H19F2N3O4. The van der Waals surface area contributed by atoms with Crippen LogP contribution < -0.4 is 15.4 Å². The maximum atomic E-state index is 12.1. The van der Waals surface area contributed by atoms with Gasteiger partial charge >= 0.3 is 12.6 Å². The molecule has 1 aromatic carbocycles. The molecule has 0 saturated carbocycles. The van der Waals surface area contributed by atoms with Crippen LogP contribution in [-0.4, -0.2) is 48.0 Å². The molecule has 0 unspecified atom stereocenters. The Hall–Kier alpha value is -2.71. The van der Waals surface area contributed by atoms with Gasteiger partial charge in [-0.3, -0.25) is 14.5 Å². The fraction of sp³-hybridized carbons (Fsp3) is 0.438. The fourth-order valence-corrected chi connectivity index (χ4v) is 2.34. The van der Waals surface area contributed by atoms with E-state index in [0.29, 0.717) is 6.42 Å². The fourth-order valence-electron chi connectivity index (χ4n) is 2.34. The van der Waals surface area contributed by atoms with Gasteiger partial charge in [-0.05, 0) is 38.0 Å². The molecule has 1 aromatic rings. The number of amides is 4. The minimum Gasteiger partial charge on any atom is -0.435 e. The molecule has 1 aliphatic heterocycles. The van der Waals surface area contributed by atoms with Crippen molar-refractivity contribution < 1.29 is 27.9 Å². The number of halogens is 2. The van der Waals surface area contributed by atoms with E-state index in [1.807, 2.05) is 0 Å². The zero-order valence-electron chi connectivity index (χ0n) is 13.8. The summed E-state index contributed by atoms with van der Waals surface area (Å²) in [5.74, 6) is -0.856. The summed E-state index contributed by atoms with van der Waals surface area (Å²) in [4.78, 5) is 36.4. The Kier molecular flexibility index (Phi) is 5.55. The first-order valence-corrected chi connectivity index (χ1v) is 7.63. The predicted molar refractivity (Wildman–Crippen MR) is 84.1 cm³/mol. The average molecular weight is 355 g/mol. The largest absolute Gasteiger partial charge is 0.435 e. The van der Waals surface area contributed by atoms with Gasteiger partial charge < -0.3 is 15.4 Å². The molecule has 0 atom stereocenters. The highest BCUT2D eigenvalue weighted by Gasteiger charge is 2.44. The monoisotopic (exact) mass is 355 g/mol. The van der Waals surface area contributed by atoms with E-state index in [-0.39, 0.29) is 18.8 Å². The number of carbonyl (C=O) groups excluding carboxylic acids is 3. The highest BCUT2D eigenvalue weighted by Crippen LogP contribution is 2.16. The minimum atomic E-state index is -2.87. The first-order valence-electron chi connectivity index (χ1n) is 7.63. The number of nitrogens with zero attached hydrogens (tertiary/aromatic N) is 1. The van der Waals surface area contributed by atoms with Gasteiger partial charge in [0.15, 0.2) is 0 Å². The summed E-state index contributed by atoms with van der Waals surface area (Å²) in [5, 5.41) is 5.10. The van der Waals surface area contributed by atoms with Crippen molar-refractivity contribution in [3.05, 3.63) is 29.8 Å². The summed E-state index contributed by atoms with van der Waals surface area (Å²) in [6.07, 6.45) is 0.465. The van der Waals surface area contributed by atoms with Gasteiger partial charge in [-0.15, -0.1) is 0 Å². The Balaban J connectivity index is 1.77. The quantitative estimate of drug-likeness (QED) is 0.721. The van der Waals surface area contributed by atoms with E-state index in [1.54, 1.807) is 26.0 Å². The van der Waals surface area contributed by atoms with Gasteiger partial charge in [0.1, 0.15) is 17.8 Å². The van der Waals surface area contributed by atoms with Crippen LogP contribution in [0.1, 0.15) is 19.4 Å². The highest BCUT2D eigenvalue weighted by atomic mass is 19.3. The Morgan fingerprint density at radius 2 is 1.92 bits per heavy atom. The first-order chi connectivity index (χ1) is 11.7. The number of benzene rings is 1. The molecular weight excluding hydrogens is 336 g/mol. The zero-order valence-corrected chi connectivity index (χ0v) is 13.8. The molecule has 0 bridgehead atoms. The van der Waals surface area contributed by atoms with Crippen molar-refractivity contribution in [1.82, 2.24) is 15.5 Å². The lowest BCUT2D eigenvalue weighted by molar-refractivity contribution is -0.134. The van der Waals surface area contributed by atoms with E-state index in [1.165, 1.54) is 12.1 Å². The van der Waals surface area contributed by atoms with Crippen LogP contribution in [0.5, 0.6) is 5.75 Å². The molecule has 9 heteroatoms. The Morgan fingerprint density at radius 3 is 2.44 bits per heavy atom. The standard InChI is InChI=1S/C16H19F2N3O4/c1-16(2)13(23)21(15(24)20-16)9-12(22)19-8-7-10-3-5-11(6-4-10)25-14(17)18/h3-6,14H,7-9H2,1-2H3,(H,19,22)(H,20,24). The van der Waals surface area contributed by atoms with Gasteiger partial charge in [0, 0.05) is 6.54 Å². The number of rotatable bonds is 7. The van der Waals surface area contributed by atoms with Crippen molar-refractivity contribution in [1.29, 1.82) is 0 Å². The van der Waals surface area contributed by atoms with Crippen LogP contribution in [0.25, 0.3) is 0 Å². The lowest BCUT2D eigenvalue weighted by Gasteiger charge is -2.15. The molecule has 1 heterocycles. The summed E-state index contributed by atoms with van der Waals surface area (Å²) in [7, 11) is 0. The summed E-state index contributed by atoms with van der Waals surface area (Å²) in [6, 6.07) is 5.46. The smallest absolute Gasteiger partial charge is 0.387 e. The number of carbonyl (C=O) groups is 3. The van der Waals surface area contributed by atoms with Crippen molar-refractivity contribution >= 4 is 17.8 Å². The van der Waals surface area contributed by atoms with Crippen LogP contribution in [0.2, 0.25) is 0 Å². The predicted octanol–water partition coefficient (Wildman–Crippen LogP) is 1.28. The molecule has 0 aromatic heterocycles. The molecule has 0 spiro atoms. The Bertz CT molecular complexity index is 662. The van der Waals surface area contributed by atoms with Crippen LogP contribution in [0.3, 0.4) is 0 Å². The van der Waals surface area contributed by atoms with Crippen LogP contribution in [0.4, 0.5) is 13.6 Å². The number of alkyl halides is 2. The van der Waals surface area contributed by atoms with Gasteiger partial charge in [0.2, 0.25) is 5.91 Å². The number of imide groups is 1. The first kappa shape index (κ1) is 18.6. The van der Waals surface area contributed by atoms with E-state index in [4.69, 9.17) is 0 Å². The molecule has 25 heavy (non-hydrogen) atoms. The molecule has 1 fully saturated rings. The Labute approximate surface area is 143 Å². The van der Waals surface area contributed by atoms with Gasteiger partial charge in [-0.25, -0.2) is 4.79 Å². The molecule has 2 rings (SSSR count). The maximum absolute atomic E-state index is 12.1. The van der Waals surface area contributed by atoms with E-state index in [9.17, 15) is 23.2 Å². The van der Waals surface area contributed by atoms with Gasteiger partial charge in [0.05, 0.1) is 0 Å². The van der Waals surface area contributed by atoms with Crippen LogP contribution in [0.15, 0.2) is 24.3 Å². The van der Waals surface area contributed by atoms with Crippen molar-refractivity contribution in [3.63, 3.8) is 0 Å². The van der Waals surface area contributed by atoms with Gasteiger partial charge in [-0.2, -0.15) is 8.78 Å². The van der Waals surface area contributed by atoms with Gasteiger partial charge in [0.25, 0.3) is 5.91 Å². The molecule has 0 radical (unpaired) electrons. The normalized spacial score (nSPS) is 16.1. The lowest BCUT2D eigenvalue weighted by atomic mass is 10.1. The van der Waals surface area contributed by atoms with Crippen LogP contribution >= 0.6 is 0 Å². The topological polar surface area (TPSA) is 87.7 Å². The average Bonchev–Trinajstić information content (AvgIpc) is 2.70. The third-order valence-corrected chi connectivity index (χ3v) is 3.63. The van der Waals surface area contributed by atoms with E-state index in [2.05, 4.69) is 15.4 Å². The summed E-state index contributed by atoms with van der Waals surface area (Å²) in [5.41, 5.74) is -0.197. The lowest BCUT2D eigenvalue weighted by Crippen LogP contribution is -2.43. The third-order valence-electron chi connectivity index (χ3n) is 3.63. The van der Waals surface area contributed by atoms with Crippen molar-refractivity contribution in [2.24, 2.45) is 0 Å². The summed E-state index contributed by atoms with van der Waals surface area (Å²) < 4.78 is 28.4.